The second-order valence-electron chi connectivity index (χ2n) is 3.19. The number of rotatable bonds is 3. The van der Waals surface area contributed by atoms with Gasteiger partial charge in [0.2, 0.25) is 0 Å². The molecule has 1 aromatic rings. The summed E-state index contributed by atoms with van der Waals surface area (Å²) in [6, 6.07) is 3.55. The zero-order valence-electron chi connectivity index (χ0n) is 7.04. The van der Waals surface area contributed by atoms with E-state index in [1.54, 1.807) is 12.1 Å². The molecule has 4 heteroatoms. The summed E-state index contributed by atoms with van der Waals surface area (Å²) in [6.45, 7) is 0. The monoisotopic (exact) mass is 178 g/mol. The largest absolute Gasteiger partial charge is 0.348 e. The quantitative estimate of drug-likeness (QED) is 0.670. The third-order valence-corrected chi connectivity index (χ3v) is 1.99. The number of carbonyl (C=O) groups excluding carboxylic acids is 2. The number of carbonyl (C=O) groups is 2. The second-order valence-corrected chi connectivity index (χ2v) is 3.19. The predicted octanol–water partition coefficient (Wildman–Crippen LogP) is 0.719. The highest BCUT2D eigenvalue weighted by atomic mass is 16.2. The molecule has 0 bridgehead atoms. The van der Waals surface area contributed by atoms with Crippen LogP contribution in [0.15, 0.2) is 12.1 Å². The minimum Gasteiger partial charge on any atom is -0.348 e. The van der Waals surface area contributed by atoms with Crippen LogP contribution in [0.3, 0.4) is 0 Å². The van der Waals surface area contributed by atoms with Crippen molar-refractivity contribution in [2.24, 2.45) is 0 Å². The maximum absolute atomic E-state index is 11.4. The Balaban J connectivity index is 2.05. The van der Waals surface area contributed by atoms with Crippen molar-refractivity contribution in [3.8, 4) is 0 Å². The Kier molecular flexibility index (Phi) is 1.88. The van der Waals surface area contributed by atoms with E-state index in [1.165, 1.54) is 0 Å². The first-order valence-electron chi connectivity index (χ1n) is 4.24. The molecule has 4 nitrogen and oxygen atoms in total. The van der Waals surface area contributed by atoms with Crippen molar-refractivity contribution in [2.75, 3.05) is 0 Å². The number of H-pyrrole nitrogens is 1. The second kappa shape index (κ2) is 3.05. The predicted molar refractivity (Wildman–Crippen MR) is 46.7 cm³/mol. The summed E-state index contributed by atoms with van der Waals surface area (Å²) in [5.41, 5.74) is 0.884. The van der Waals surface area contributed by atoms with E-state index in [9.17, 15) is 9.59 Å². The molecule has 0 radical (unpaired) electrons. The maximum Gasteiger partial charge on any atom is 0.267 e. The number of hydrogen-bond donors (Lipinski definition) is 2. The molecule has 1 fully saturated rings. The molecular weight excluding hydrogens is 168 g/mol. The van der Waals surface area contributed by atoms with Crippen LogP contribution in [-0.2, 0) is 0 Å². The van der Waals surface area contributed by atoms with Crippen molar-refractivity contribution in [3.63, 3.8) is 0 Å². The van der Waals surface area contributed by atoms with E-state index in [-0.39, 0.29) is 5.91 Å². The Bertz CT molecular complexity index is 339. The minimum absolute atomic E-state index is 0.129. The van der Waals surface area contributed by atoms with Gasteiger partial charge in [-0.1, -0.05) is 0 Å². The van der Waals surface area contributed by atoms with Gasteiger partial charge in [-0.25, -0.2) is 0 Å². The Morgan fingerprint density at radius 3 is 2.85 bits per heavy atom. The van der Waals surface area contributed by atoms with Crippen LogP contribution in [0, 0.1) is 0 Å². The average Bonchev–Trinajstić information content (AvgIpc) is 2.82. The summed E-state index contributed by atoms with van der Waals surface area (Å²) in [4.78, 5) is 24.4. The van der Waals surface area contributed by atoms with Crippen molar-refractivity contribution in [1.29, 1.82) is 0 Å². The molecule has 1 aliphatic rings. The standard InChI is InChI=1S/C9H10N2O2/c12-5-7-3-4-8(10-7)9(13)11-6-1-2-6/h3-6,10H,1-2H2,(H,11,13). The third-order valence-electron chi connectivity index (χ3n) is 1.99. The highest BCUT2D eigenvalue weighted by molar-refractivity contribution is 5.93. The fourth-order valence-electron chi connectivity index (χ4n) is 1.10. The topological polar surface area (TPSA) is 62.0 Å². The number of aromatic nitrogens is 1. The lowest BCUT2D eigenvalue weighted by Gasteiger charge is -1.98. The molecule has 2 N–H and O–H groups in total. The van der Waals surface area contributed by atoms with Crippen molar-refractivity contribution in [3.05, 3.63) is 23.5 Å². The Hall–Kier alpha value is -1.58. The smallest absolute Gasteiger partial charge is 0.267 e. The first-order chi connectivity index (χ1) is 6.29. The SMILES string of the molecule is O=Cc1ccc(C(=O)NC2CC2)[nH]1. The molecule has 0 unspecified atom stereocenters. The van der Waals surface area contributed by atoms with Gasteiger partial charge in [0.05, 0.1) is 5.69 Å². The van der Waals surface area contributed by atoms with Gasteiger partial charge in [0, 0.05) is 6.04 Å². The summed E-state index contributed by atoms with van der Waals surface area (Å²) in [5.74, 6) is -0.129. The zero-order chi connectivity index (χ0) is 9.26. The van der Waals surface area contributed by atoms with Crippen LogP contribution in [0.25, 0.3) is 0 Å². The minimum atomic E-state index is -0.129. The molecular formula is C9H10N2O2. The van der Waals surface area contributed by atoms with Crippen LogP contribution < -0.4 is 5.32 Å². The van der Waals surface area contributed by atoms with Gasteiger partial charge in [-0.2, -0.15) is 0 Å². The summed E-state index contributed by atoms with van der Waals surface area (Å²) >= 11 is 0. The number of aldehydes is 1. The summed E-state index contributed by atoms with van der Waals surface area (Å²) in [5, 5.41) is 2.82. The van der Waals surface area contributed by atoms with Crippen LogP contribution in [0.4, 0.5) is 0 Å². The summed E-state index contributed by atoms with van der Waals surface area (Å²) in [7, 11) is 0. The van der Waals surface area contributed by atoms with E-state index in [2.05, 4.69) is 10.3 Å². The molecule has 1 aliphatic carbocycles. The third kappa shape index (κ3) is 1.77. The summed E-state index contributed by atoms with van der Waals surface area (Å²) < 4.78 is 0. The number of aromatic amines is 1. The van der Waals surface area contributed by atoms with Crippen molar-refractivity contribution < 1.29 is 9.59 Å². The lowest BCUT2D eigenvalue weighted by atomic mass is 10.4. The van der Waals surface area contributed by atoms with Crippen molar-refractivity contribution >= 4 is 12.2 Å². The molecule has 1 amide bonds. The lowest BCUT2D eigenvalue weighted by molar-refractivity contribution is 0.0946. The Labute approximate surface area is 75.3 Å². The fraction of sp³-hybridized carbons (Fsp3) is 0.333. The molecule has 1 heterocycles. The van der Waals surface area contributed by atoms with Gasteiger partial charge in [-0.05, 0) is 25.0 Å². The zero-order valence-corrected chi connectivity index (χ0v) is 7.04. The number of amides is 1. The van der Waals surface area contributed by atoms with Gasteiger partial charge in [-0.15, -0.1) is 0 Å². The van der Waals surface area contributed by atoms with E-state index in [1.807, 2.05) is 0 Å². The molecule has 13 heavy (non-hydrogen) atoms. The van der Waals surface area contributed by atoms with E-state index < -0.39 is 0 Å². The van der Waals surface area contributed by atoms with Gasteiger partial charge >= 0.3 is 0 Å². The van der Waals surface area contributed by atoms with Crippen LogP contribution >= 0.6 is 0 Å². The van der Waals surface area contributed by atoms with Gasteiger partial charge < -0.3 is 10.3 Å². The first kappa shape index (κ1) is 8.04. The molecule has 1 saturated carbocycles. The van der Waals surface area contributed by atoms with Crippen molar-refractivity contribution in [2.45, 2.75) is 18.9 Å². The van der Waals surface area contributed by atoms with E-state index >= 15 is 0 Å². The molecule has 0 aliphatic heterocycles. The maximum atomic E-state index is 11.4. The van der Waals surface area contributed by atoms with Gasteiger partial charge in [-0.3, -0.25) is 9.59 Å². The normalized spacial score (nSPS) is 15.4. The fourth-order valence-corrected chi connectivity index (χ4v) is 1.10. The number of hydrogen-bond acceptors (Lipinski definition) is 2. The average molecular weight is 178 g/mol. The molecule has 2 rings (SSSR count). The molecule has 0 aromatic carbocycles. The Morgan fingerprint density at radius 1 is 1.54 bits per heavy atom. The van der Waals surface area contributed by atoms with Gasteiger partial charge in [0.1, 0.15) is 5.69 Å². The van der Waals surface area contributed by atoms with E-state index in [0.717, 1.165) is 12.8 Å². The van der Waals surface area contributed by atoms with Gasteiger partial charge in [0.15, 0.2) is 6.29 Å². The van der Waals surface area contributed by atoms with Crippen molar-refractivity contribution in [1.82, 2.24) is 10.3 Å². The highest BCUT2D eigenvalue weighted by Crippen LogP contribution is 2.19. The molecule has 68 valence electrons. The van der Waals surface area contributed by atoms with Crippen LogP contribution in [-0.4, -0.2) is 23.2 Å². The first-order valence-corrected chi connectivity index (χ1v) is 4.24. The molecule has 0 spiro atoms. The van der Waals surface area contributed by atoms with Crippen LogP contribution in [0.2, 0.25) is 0 Å². The summed E-state index contributed by atoms with van der Waals surface area (Å²) in [6.07, 6.45) is 2.81. The molecule has 1 aromatic heterocycles. The lowest BCUT2D eigenvalue weighted by Crippen LogP contribution is -2.25. The highest BCUT2D eigenvalue weighted by Gasteiger charge is 2.24. The molecule has 0 saturated heterocycles. The molecule has 0 atom stereocenters. The Morgan fingerprint density at radius 2 is 2.31 bits per heavy atom. The van der Waals surface area contributed by atoms with Crippen LogP contribution in [0.5, 0.6) is 0 Å². The number of nitrogens with one attached hydrogen (secondary N) is 2. The van der Waals surface area contributed by atoms with Crippen LogP contribution in [0.1, 0.15) is 33.8 Å². The van der Waals surface area contributed by atoms with Gasteiger partial charge in [0.25, 0.3) is 5.91 Å². The van der Waals surface area contributed by atoms with E-state index in [4.69, 9.17) is 0 Å². The van der Waals surface area contributed by atoms with E-state index in [0.29, 0.717) is 23.7 Å².